The second kappa shape index (κ2) is 4.97. The second-order valence-electron chi connectivity index (χ2n) is 3.83. The first-order valence-corrected chi connectivity index (χ1v) is 8.02. The molecule has 0 unspecified atom stereocenters. The van der Waals surface area contributed by atoms with Gasteiger partial charge in [0.15, 0.2) is 5.82 Å². The summed E-state index contributed by atoms with van der Waals surface area (Å²) in [6.07, 6.45) is 1.45. The van der Waals surface area contributed by atoms with E-state index in [4.69, 9.17) is 11.6 Å². The van der Waals surface area contributed by atoms with Crippen molar-refractivity contribution in [2.24, 2.45) is 0 Å². The number of fused-ring (bicyclic) bond motifs is 1. The molecule has 0 aliphatic carbocycles. The highest BCUT2D eigenvalue weighted by atomic mass is 35.5. The standard InChI is InChI=1S/C11H7ClN4O2S2/c12-7-3-2-6-13-11(7)16-20(17,18)9-5-1-4-8-10(9)15-19-14-8/h1-6H,(H,13,16). The van der Waals surface area contributed by atoms with Crippen molar-refractivity contribution in [3.8, 4) is 0 Å². The first-order valence-electron chi connectivity index (χ1n) is 5.42. The molecule has 0 atom stereocenters. The molecule has 0 saturated carbocycles. The number of nitrogens with one attached hydrogen (secondary N) is 1. The van der Waals surface area contributed by atoms with Crippen LogP contribution in [0.2, 0.25) is 5.02 Å². The lowest BCUT2D eigenvalue weighted by molar-refractivity contribution is 0.601. The largest absolute Gasteiger partial charge is 0.265 e. The van der Waals surface area contributed by atoms with Crippen molar-refractivity contribution in [3.05, 3.63) is 41.6 Å². The number of anilines is 1. The van der Waals surface area contributed by atoms with Gasteiger partial charge in [-0.25, -0.2) is 13.4 Å². The number of benzene rings is 1. The summed E-state index contributed by atoms with van der Waals surface area (Å²) in [5.41, 5.74) is 0.863. The van der Waals surface area contributed by atoms with Gasteiger partial charge in [-0.05, 0) is 24.3 Å². The summed E-state index contributed by atoms with van der Waals surface area (Å²) >= 11 is 6.86. The molecule has 0 saturated heterocycles. The molecule has 1 N–H and O–H groups in total. The minimum Gasteiger partial charge on any atom is -0.262 e. The first-order chi connectivity index (χ1) is 9.58. The van der Waals surface area contributed by atoms with E-state index < -0.39 is 10.0 Å². The van der Waals surface area contributed by atoms with Gasteiger partial charge in [-0.2, -0.15) is 8.75 Å². The highest BCUT2D eigenvalue weighted by Crippen LogP contribution is 2.25. The summed E-state index contributed by atoms with van der Waals surface area (Å²) in [5.74, 6) is 0.0781. The molecular formula is C11H7ClN4O2S2. The summed E-state index contributed by atoms with van der Waals surface area (Å²) in [7, 11) is -3.83. The highest BCUT2D eigenvalue weighted by Gasteiger charge is 2.21. The van der Waals surface area contributed by atoms with Crippen LogP contribution in [0.4, 0.5) is 5.82 Å². The van der Waals surface area contributed by atoms with Gasteiger partial charge in [-0.15, -0.1) is 0 Å². The third-order valence-corrected chi connectivity index (χ3v) is 4.75. The maximum atomic E-state index is 12.4. The lowest BCUT2D eigenvalue weighted by Gasteiger charge is -2.08. The zero-order valence-electron chi connectivity index (χ0n) is 9.82. The average molecular weight is 327 g/mol. The van der Waals surface area contributed by atoms with Gasteiger partial charge in [-0.1, -0.05) is 17.7 Å². The molecule has 102 valence electrons. The normalized spacial score (nSPS) is 11.7. The van der Waals surface area contributed by atoms with Gasteiger partial charge in [0, 0.05) is 6.20 Å². The summed E-state index contributed by atoms with van der Waals surface area (Å²) < 4.78 is 35.2. The van der Waals surface area contributed by atoms with Crippen LogP contribution < -0.4 is 4.72 Å². The SMILES string of the molecule is O=S(=O)(Nc1ncccc1Cl)c1cccc2nsnc12. The number of sulfonamides is 1. The molecule has 2 heterocycles. The van der Waals surface area contributed by atoms with Gasteiger partial charge in [0.1, 0.15) is 15.9 Å². The quantitative estimate of drug-likeness (QED) is 0.799. The molecule has 3 aromatic rings. The number of aromatic nitrogens is 3. The molecule has 2 aromatic heterocycles. The predicted molar refractivity (Wildman–Crippen MR) is 77.5 cm³/mol. The second-order valence-corrected chi connectivity index (χ2v) is 6.41. The van der Waals surface area contributed by atoms with Crippen LogP contribution in [0.5, 0.6) is 0 Å². The van der Waals surface area contributed by atoms with Gasteiger partial charge in [-0.3, -0.25) is 4.72 Å². The maximum absolute atomic E-state index is 12.4. The molecule has 0 fully saturated rings. The fourth-order valence-electron chi connectivity index (χ4n) is 1.64. The zero-order valence-corrected chi connectivity index (χ0v) is 12.2. The Kier molecular flexibility index (Phi) is 3.28. The monoisotopic (exact) mass is 326 g/mol. The number of hydrogen-bond acceptors (Lipinski definition) is 6. The van der Waals surface area contributed by atoms with E-state index in [0.29, 0.717) is 11.0 Å². The van der Waals surface area contributed by atoms with Crippen LogP contribution in [-0.4, -0.2) is 22.1 Å². The van der Waals surface area contributed by atoms with E-state index in [1.54, 1.807) is 24.3 Å². The van der Waals surface area contributed by atoms with Crippen LogP contribution in [0.1, 0.15) is 0 Å². The summed E-state index contributed by atoms with van der Waals surface area (Å²) in [6.45, 7) is 0. The van der Waals surface area contributed by atoms with E-state index in [1.807, 2.05) is 0 Å². The summed E-state index contributed by atoms with van der Waals surface area (Å²) in [6, 6.07) is 7.94. The maximum Gasteiger partial charge on any atom is 0.265 e. The molecular weight excluding hydrogens is 320 g/mol. The number of pyridine rings is 1. The van der Waals surface area contributed by atoms with E-state index in [1.165, 1.54) is 12.3 Å². The first kappa shape index (κ1) is 13.2. The average Bonchev–Trinajstić information content (AvgIpc) is 2.89. The third kappa shape index (κ3) is 2.33. The fourth-order valence-corrected chi connectivity index (χ4v) is 3.66. The van der Waals surface area contributed by atoms with Gasteiger partial charge in [0.2, 0.25) is 0 Å². The molecule has 0 radical (unpaired) electrons. The molecule has 0 aliphatic rings. The Bertz CT molecular complexity index is 879. The van der Waals surface area contributed by atoms with Crippen LogP contribution in [-0.2, 0) is 10.0 Å². The van der Waals surface area contributed by atoms with Crippen molar-refractivity contribution in [1.29, 1.82) is 0 Å². The Balaban J connectivity index is 2.09. The molecule has 3 rings (SSSR count). The van der Waals surface area contributed by atoms with E-state index in [9.17, 15) is 8.42 Å². The highest BCUT2D eigenvalue weighted by molar-refractivity contribution is 7.93. The Morgan fingerprint density at radius 3 is 2.80 bits per heavy atom. The zero-order chi connectivity index (χ0) is 14.2. The van der Waals surface area contributed by atoms with Crippen LogP contribution in [0.25, 0.3) is 11.0 Å². The lowest BCUT2D eigenvalue weighted by atomic mass is 10.3. The van der Waals surface area contributed by atoms with Crippen molar-refractivity contribution in [3.63, 3.8) is 0 Å². The Labute approximate surface area is 123 Å². The Morgan fingerprint density at radius 2 is 2.00 bits per heavy atom. The van der Waals surface area contributed by atoms with Crippen molar-refractivity contribution in [1.82, 2.24) is 13.7 Å². The molecule has 0 spiro atoms. The van der Waals surface area contributed by atoms with Crippen molar-refractivity contribution >= 4 is 50.2 Å². The topological polar surface area (TPSA) is 84.8 Å². The molecule has 9 heteroatoms. The Hall–Kier alpha value is -1.77. The number of nitrogens with zero attached hydrogens (tertiary/aromatic N) is 3. The summed E-state index contributed by atoms with van der Waals surface area (Å²) in [5, 5.41) is 0.222. The van der Waals surface area contributed by atoms with Crippen LogP contribution in [0, 0.1) is 0 Å². The number of rotatable bonds is 3. The van der Waals surface area contributed by atoms with E-state index in [-0.39, 0.29) is 15.7 Å². The number of hydrogen-bond donors (Lipinski definition) is 1. The van der Waals surface area contributed by atoms with Crippen molar-refractivity contribution in [2.75, 3.05) is 4.72 Å². The molecule has 0 aliphatic heterocycles. The molecule has 1 aromatic carbocycles. The molecule has 20 heavy (non-hydrogen) atoms. The molecule has 0 bridgehead atoms. The van der Waals surface area contributed by atoms with Crippen LogP contribution in [0.3, 0.4) is 0 Å². The summed E-state index contributed by atoms with van der Waals surface area (Å²) in [4.78, 5) is 3.95. The van der Waals surface area contributed by atoms with E-state index >= 15 is 0 Å². The van der Waals surface area contributed by atoms with Crippen LogP contribution >= 0.6 is 23.3 Å². The predicted octanol–water partition coefficient (Wildman–Crippen LogP) is 2.54. The van der Waals surface area contributed by atoms with Crippen molar-refractivity contribution in [2.45, 2.75) is 4.90 Å². The minimum atomic E-state index is -3.83. The van der Waals surface area contributed by atoms with Gasteiger partial charge in [0.25, 0.3) is 10.0 Å². The van der Waals surface area contributed by atoms with E-state index in [2.05, 4.69) is 18.5 Å². The van der Waals surface area contributed by atoms with Crippen LogP contribution in [0.15, 0.2) is 41.4 Å². The lowest BCUT2D eigenvalue weighted by Crippen LogP contribution is -2.14. The van der Waals surface area contributed by atoms with E-state index in [0.717, 1.165) is 11.7 Å². The fraction of sp³-hybridized carbons (Fsp3) is 0. The minimum absolute atomic E-state index is 0.0467. The molecule has 6 nitrogen and oxygen atoms in total. The van der Waals surface area contributed by atoms with Gasteiger partial charge >= 0.3 is 0 Å². The van der Waals surface area contributed by atoms with Gasteiger partial charge < -0.3 is 0 Å². The number of halogens is 1. The van der Waals surface area contributed by atoms with Gasteiger partial charge in [0.05, 0.1) is 16.8 Å². The van der Waals surface area contributed by atoms with Crippen molar-refractivity contribution < 1.29 is 8.42 Å². The smallest absolute Gasteiger partial charge is 0.262 e. The molecule has 0 amide bonds. The third-order valence-electron chi connectivity index (χ3n) is 2.53. The Morgan fingerprint density at radius 1 is 1.15 bits per heavy atom.